The lowest BCUT2D eigenvalue weighted by molar-refractivity contribution is -0.138. The molecule has 0 saturated heterocycles. The summed E-state index contributed by atoms with van der Waals surface area (Å²) in [7, 11) is 0. The smallest absolute Gasteiger partial charge is 0.407 e. The van der Waals surface area contributed by atoms with Crippen molar-refractivity contribution in [2.45, 2.75) is 45.1 Å². The van der Waals surface area contributed by atoms with E-state index in [9.17, 15) is 14.4 Å². The van der Waals surface area contributed by atoms with E-state index in [0.717, 1.165) is 11.1 Å². The zero-order valence-corrected chi connectivity index (χ0v) is 18.7. The minimum absolute atomic E-state index is 0.00665. The molecule has 7 heteroatoms. The van der Waals surface area contributed by atoms with Crippen LogP contribution in [0.5, 0.6) is 0 Å². The number of amides is 2. The van der Waals surface area contributed by atoms with Gasteiger partial charge in [0, 0.05) is 24.4 Å². The lowest BCUT2D eigenvalue weighted by atomic mass is 9.98. The van der Waals surface area contributed by atoms with Gasteiger partial charge < -0.3 is 20.5 Å². The van der Waals surface area contributed by atoms with Crippen LogP contribution in [0.15, 0.2) is 48.5 Å². The van der Waals surface area contributed by atoms with Crippen molar-refractivity contribution in [2.75, 3.05) is 13.2 Å². The molecular weight excluding hydrogens is 408 g/mol. The van der Waals surface area contributed by atoms with Gasteiger partial charge in [-0.05, 0) is 42.0 Å². The standard InChI is InChI=1S/C25H30N2O5/c1-16(12-22(28)27-25(2,3)13-23(29)30)14-26-24(31)32-15-21-19-10-6-4-8-17(19)18-9-5-7-11-20(18)21/h4-11,16,21H,12-15H2,1-3H3,(H,26,31)(H,27,28)(H,29,30). The fourth-order valence-corrected chi connectivity index (χ4v) is 4.15. The molecule has 0 saturated carbocycles. The molecule has 7 nitrogen and oxygen atoms in total. The Hall–Kier alpha value is -3.35. The molecule has 2 amide bonds. The first-order valence-electron chi connectivity index (χ1n) is 10.8. The number of ether oxygens (including phenoxy) is 1. The van der Waals surface area contributed by atoms with Gasteiger partial charge in [-0.1, -0.05) is 55.5 Å². The Bertz CT molecular complexity index is 956. The van der Waals surface area contributed by atoms with Gasteiger partial charge in [-0.2, -0.15) is 0 Å². The van der Waals surface area contributed by atoms with Crippen LogP contribution in [0.4, 0.5) is 4.79 Å². The van der Waals surface area contributed by atoms with E-state index in [4.69, 9.17) is 9.84 Å². The number of carboxylic acids is 1. The highest BCUT2D eigenvalue weighted by molar-refractivity contribution is 5.79. The molecule has 1 unspecified atom stereocenters. The van der Waals surface area contributed by atoms with Gasteiger partial charge in [-0.15, -0.1) is 0 Å². The molecule has 0 radical (unpaired) electrons. The Labute approximate surface area is 188 Å². The normalized spacial score (nSPS) is 13.6. The monoisotopic (exact) mass is 438 g/mol. The Balaban J connectivity index is 1.47. The summed E-state index contributed by atoms with van der Waals surface area (Å²) in [6.07, 6.45) is -0.511. The van der Waals surface area contributed by atoms with Crippen LogP contribution < -0.4 is 10.6 Å². The van der Waals surface area contributed by atoms with Gasteiger partial charge in [0.15, 0.2) is 0 Å². The van der Waals surface area contributed by atoms with E-state index < -0.39 is 17.6 Å². The fraction of sp³-hybridized carbons (Fsp3) is 0.400. The third kappa shape index (κ3) is 5.87. The molecule has 3 N–H and O–H groups in total. The van der Waals surface area contributed by atoms with Crippen LogP contribution in [0.2, 0.25) is 0 Å². The van der Waals surface area contributed by atoms with E-state index in [-0.39, 0.29) is 43.7 Å². The van der Waals surface area contributed by atoms with E-state index in [1.807, 2.05) is 31.2 Å². The summed E-state index contributed by atoms with van der Waals surface area (Å²) in [4.78, 5) is 35.3. The maximum atomic E-state index is 12.3. The maximum Gasteiger partial charge on any atom is 0.407 e. The zero-order valence-electron chi connectivity index (χ0n) is 18.7. The number of benzene rings is 2. The van der Waals surface area contributed by atoms with Crippen molar-refractivity contribution >= 4 is 18.0 Å². The Kier molecular flexibility index (Phi) is 7.18. The van der Waals surface area contributed by atoms with Crippen molar-refractivity contribution in [1.82, 2.24) is 10.6 Å². The summed E-state index contributed by atoms with van der Waals surface area (Å²) in [5.41, 5.74) is 3.80. The average Bonchev–Trinajstić information content (AvgIpc) is 3.03. The minimum atomic E-state index is -0.972. The summed E-state index contributed by atoms with van der Waals surface area (Å²) >= 11 is 0. The number of carboxylic acid groups (broad SMARTS) is 1. The lowest BCUT2D eigenvalue weighted by Gasteiger charge is -2.25. The number of carbonyl (C=O) groups excluding carboxylic acids is 2. The highest BCUT2D eigenvalue weighted by Crippen LogP contribution is 2.44. The first kappa shape index (κ1) is 23.3. The summed E-state index contributed by atoms with van der Waals surface area (Å²) < 4.78 is 5.50. The third-order valence-corrected chi connectivity index (χ3v) is 5.54. The zero-order chi connectivity index (χ0) is 23.3. The summed E-state index contributed by atoms with van der Waals surface area (Å²) in [6.45, 7) is 5.69. The molecule has 0 aromatic heterocycles. The quantitative estimate of drug-likeness (QED) is 0.550. The highest BCUT2D eigenvalue weighted by Gasteiger charge is 2.29. The van der Waals surface area contributed by atoms with Crippen LogP contribution in [-0.2, 0) is 14.3 Å². The molecule has 0 aliphatic heterocycles. The largest absolute Gasteiger partial charge is 0.481 e. The molecule has 0 spiro atoms. The van der Waals surface area contributed by atoms with Crippen molar-refractivity contribution in [1.29, 1.82) is 0 Å². The van der Waals surface area contributed by atoms with Crippen LogP contribution in [0, 0.1) is 5.92 Å². The number of alkyl carbamates (subject to hydrolysis) is 1. The molecule has 170 valence electrons. The second-order valence-corrected chi connectivity index (χ2v) is 9.02. The molecule has 1 aliphatic rings. The molecular formula is C25H30N2O5. The number of hydrogen-bond acceptors (Lipinski definition) is 4. The molecule has 2 aromatic carbocycles. The van der Waals surface area contributed by atoms with Crippen molar-refractivity contribution in [3.63, 3.8) is 0 Å². The van der Waals surface area contributed by atoms with Crippen molar-refractivity contribution in [3.8, 4) is 11.1 Å². The van der Waals surface area contributed by atoms with E-state index in [2.05, 4.69) is 34.9 Å². The van der Waals surface area contributed by atoms with E-state index >= 15 is 0 Å². The van der Waals surface area contributed by atoms with Crippen LogP contribution in [0.25, 0.3) is 11.1 Å². The molecule has 1 aliphatic carbocycles. The van der Waals surface area contributed by atoms with Crippen LogP contribution in [0.3, 0.4) is 0 Å². The van der Waals surface area contributed by atoms with Gasteiger partial charge in [0.25, 0.3) is 0 Å². The summed E-state index contributed by atoms with van der Waals surface area (Å²) in [6, 6.07) is 16.3. The molecule has 32 heavy (non-hydrogen) atoms. The summed E-state index contributed by atoms with van der Waals surface area (Å²) in [5.74, 6) is -1.36. The molecule has 0 bridgehead atoms. The summed E-state index contributed by atoms with van der Waals surface area (Å²) in [5, 5.41) is 14.4. The molecule has 1 atom stereocenters. The maximum absolute atomic E-state index is 12.3. The van der Waals surface area contributed by atoms with Gasteiger partial charge >= 0.3 is 12.1 Å². The Morgan fingerprint density at radius 3 is 2.16 bits per heavy atom. The van der Waals surface area contributed by atoms with Crippen molar-refractivity contribution in [2.24, 2.45) is 5.92 Å². The van der Waals surface area contributed by atoms with Gasteiger partial charge in [-0.25, -0.2) is 4.79 Å². The Morgan fingerprint density at radius 2 is 1.59 bits per heavy atom. The van der Waals surface area contributed by atoms with Crippen molar-refractivity contribution < 1.29 is 24.2 Å². The van der Waals surface area contributed by atoms with E-state index in [1.54, 1.807) is 13.8 Å². The van der Waals surface area contributed by atoms with Crippen LogP contribution >= 0.6 is 0 Å². The average molecular weight is 439 g/mol. The number of carbonyl (C=O) groups is 3. The molecule has 0 fully saturated rings. The van der Waals surface area contributed by atoms with E-state index in [1.165, 1.54) is 11.1 Å². The van der Waals surface area contributed by atoms with E-state index in [0.29, 0.717) is 0 Å². The second kappa shape index (κ2) is 9.85. The number of nitrogens with one attached hydrogen (secondary N) is 2. The van der Waals surface area contributed by atoms with Gasteiger partial charge in [-0.3, -0.25) is 9.59 Å². The number of hydrogen-bond donors (Lipinski definition) is 3. The topological polar surface area (TPSA) is 105 Å². The molecule has 2 aromatic rings. The first-order chi connectivity index (χ1) is 15.2. The Morgan fingerprint density at radius 1 is 1.03 bits per heavy atom. The van der Waals surface area contributed by atoms with Crippen molar-refractivity contribution in [3.05, 3.63) is 59.7 Å². The van der Waals surface area contributed by atoms with Gasteiger partial charge in [0.2, 0.25) is 5.91 Å². The molecule has 0 heterocycles. The number of aliphatic carboxylic acids is 1. The van der Waals surface area contributed by atoms with Crippen LogP contribution in [0.1, 0.15) is 50.7 Å². The third-order valence-electron chi connectivity index (χ3n) is 5.54. The number of fused-ring (bicyclic) bond motifs is 3. The number of rotatable bonds is 9. The predicted octanol–water partition coefficient (Wildman–Crippen LogP) is 3.92. The minimum Gasteiger partial charge on any atom is -0.481 e. The lowest BCUT2D eigenvalue weighted by Crippen LogP contribution is -2.45. The second-order valence-electron chi connectivity index (χ2n) is 9.02. The van der Waals surface area contributed by atoms with Gasteiger partial charge in [0.05, 0.1) is 6.42 Å². The fourth-order valence-electron chi connectivity index (χ4n) is 4.15. The SMILES string of the molecule is CC(CNC(=O)OCC1c2ccccc2-c2ccccc21)CC(=O)NC(C)(C)CC(=O)O. The van der Waals surface area contributed by atoms with Crippen LogP contribution in [-0.4, -0.2) is 41.8 Å². The first-order valence-corrected chi connectivity index (χ1v) is 10.8. The van der Waals surface area contributed by atoms with Gasteiger partial charge in [0.1, 0.15) is 6.61 Å². The predicted molar refractivity (Wildman–Crippen MR) is 121 cm³/mol. The highest BCUT2D eigenvalue weighted by atomic mass is 16.5. The molecule has 3 rings (SSSR count).